The SMILES string of the molecule is Cc1ccc(OC(F)F)c(OC2CCCC2)c1. The molecule has 1 aliphatic rings. The zero-order chi connectivity index (χ0) is 12.3. The van der Waals surface area contributed by atoms with E-state index in [-0.39, 0.29) is 11.9 Å². The molecule has 0 heterocycles. The minimum Gasteiger partial charge on any atom is -0.487 e. The Labute approximate surface area is 99.5 Å². The molecule has 1 aromatic rings. The van der Waals surface area contributed by atoms with Gasteiger partial charge in [0.25, 0.3) is 0 Å². The van der Waals surface area contributed by atoms with E-state index in [1.54, 1.807) is 12.1 Å². The van der Waals surface area contributed by atoms with E-state index in [9.17, 15) is 8.78 Å². The molecule has 1 saturated carbocycles. The number of rotatable bonds is 4. The summed E-state index contributed by atoms with van der Waals surface area (Å²) in [6.45, 7) is -0.920. The van der Waals surface area contributed by atoms with Crippen LogP contribution in [0.4, 0.5) is 8.78 Å². The molecule has 0 bridgehead atoms. The molecule has 0 radical (unpaired) electrons. The van der Waals surface area contributed by atoms with Crippen molar-refractivity contribution in [3.05, 3.63) is 23.8 Å². The number of aryl methyl sites for hydroxylation is 1. The number of hydrogen-bond acceptors (Lipinski definition) is 2. The first-order chi connectivity index (χ1) is 8.15. The monoisotopic (exact) mass is 242 g/mol. The minimum absolute atomic E-state index is 0.123. The van der Waals surface area contributed by atoms with E-state index in [0.717, 1.165) is 31.2 Å². The van der Waals surface area contributed by atoms with Gasteiger partial charge in [0.1, 0.15) is 0 Å². The van der Waals surface area contributed by atoms with E-state index in [4.69, 9.17) is 4.74 Å². The molecule has 17 heavy (non-hydrogen) atoms. The van der Waals surface area contributed by atoms with E-state index in [1.165, 1.54) is 6.07 Å². The Hall–Kier alpha value is -1.32. The molecule has 2 nitrogen and oxygen atoms in total. The first-order valence-electron chi connectivity index (χ1n) is 5.87. The molecule has 0 unspecified atom stereocenters. The Balaban J connectivity index is 2.13. The summed E-state index contributed by atoms with van der Waals surface area (Å²) in [6, 6.07) is 5.01. The van der Waals surface area contributed by atoms with Crippen molar-refractivity contribution in [3.63, 3.8) is 0 Å². The fourth-order valence-corrected chi connectivity index (χ4v) is 2.09. The third-order valence-corrected chi connectivity index (χ3v) is 2.91. The highest BCUT2D eigenvalue weighted by Crippen LogP contribution is 2.33. The first kappa shape index (κ1) is 12.1. The molecule has 2 rings (SSSR count). The molecule has 0 spiro atoms. The lowest BCUT2D eigenvalue weighted by molar-refractivity contribution is -0.0520. The van der Waals surface area contributed by atoms with Crippen molar-refractivity contribution < 1.29 is 18.3 Å². The standard InChI is InChI=1S/C13H16F2O2/c1-9-6-7-11(17-13(14)15)12(8-9)16-10-4-2-3-5-10/h6-8,10,13H,2-5H2,1H3. The Morgan fingerprint density at radius 2 is 1.88 bits per heavy atom. The van der Waals surface area contributed by atoms with Gasteiger partial charge in [-0.3, -0.25) is 0 Å². The van der Waals surface area contributed by atoms with Crippen molar-refractivity contribution in [3.8, 4) is 11.5 Å². The fraction of sp³-hybridized carbons (Fsp3) is 0.538. The highest BCUT2D eigenvalue weighted by atomic mass is 19.3. The summed E-state index contributed by atoms with van der Waals surface area (Å²) in [5.74, 6) is 0.551. The summed E-state index contributed by atoms with van der Waals surface area (Å²) in [6.07, 6.45) is 4.39. The Morgan fingerprint density at radius 1 is 1.18 bits per heavy atom. The van der Waals surface area contributed by atoms with Crippen molar-refractivity contribution in [2.24, 2.45) is 0 Å². The highest BCUT2D eigenvalue weighted by molar-refractivity contribution is 5.42. The fourth-order valence-electron chi connectivity index (χ4n) is 2.09. The van der Waals surface area contributed by atoms with Crippen LogP contribution in [0.25, 0.3) is 0 Å². The van der Waals surface area contributed by atoms with Crippen LogP contribution in [0.3, 0.4) is 0 Å². The van der Waals surface area contributed by atoms with Gasteiger partial charge in [0.15, 0.2) is 11.5 Å². The van der Waals surface area contributed by atoms with Crippen LogP contribution in [0.15, 0.2) is 18.2 Å². The lowest BCUT2D eigenvalue weighted by Crippen LogP contribution is -2.13. The molecule has 0 aromatic heterocycles. The van der Waals surface area contributed by atoms with Crippen molar-refractivity contribution >= 4 is 0 Å². The maximum Gasteiger partial charge on any atom is 0.387 e. The number of hydrogen-bond donors (Lipinski definition) is 0. The van der Waals surface area contributed by atoms with Gasteiger partial charge in [0.05, 0.1) is 6.10 Å². The summed E-state index contributed by atoms with van der Waals surface area (Å²) in [5.41, 5.74) is 0.972. The Bertz CT molecular complexity index is 374. The zero-order valence-corrected chi connectivity index (χ0v) is 9.79. The van der Waals surface area contributed by atoms with Crippen LogP contribution in [0.2, 0.25) is 0 Å². The third-order valence-electron chi connectivity index (χ3n) is 2.91. The van der Waals surface area contributed by atoms with Gasteiger partial charge < -0.3 is 9.47 Å². The van der Waals surface area contributed by atoms with Crippen LogP contribution in [0.1, 0.15) is 31.2 Å². The summed E-state index contributed by atoms with van der Waals surface area (Å²) < 4.78 is 34.7. The first-order valence-corrected chi connectivity index (χ1v) is 5.87. The normalized spacial score (nSPS) is 16.5. The molecule has 0 aliphatic heterocycles. The molecule has 1 fully saturated rings. The molecular formula is C13H16F2O2. The van der Waals surface area contributed by atoms with Gasteiger partial charge in [-0.15, -0.1) is 0 Å². The second-order valence-corrected chi connectivity index (χ2v) is 4.35. The van der Waals surface area contributed by atoms with E-state index in [1.807, 2.05) is 6.92 Å². The van der Waals surface area contributed by atoms with Gasteiger partial charge in [-0.2, -0.15) is 8.78 Å². The molecular weight excluding hydrogens is 226 g/mol. The van der Waals surface area contributed by atoms with Gasteiger partial charge in [-0.1, -0.05) is 6.07 Å². The summed E-state index contributed by atoms with van der Waals surface area (Å²) >= 11 is 0. The quantitative estimate of drug-likeness (QED) is 0.796. The van der Waals surface area contributed by atoms with Crippen molar-refractivity contribution in [2.75, 3.05) is 0 Å². The number of ether oxygens (including phenoxy) is 2. The van der Waals surface area contributed by atoms with Crippen LogP contribution >= 0.6 is 0 Å². The average molecular weight is 242 g/mol. The lowest BCUT2D eigenvalue weighted by Gasteiger charge is -2.17. The molecule has 1 aliphatic carbocycles. The van der Waals surface area contributed by atoms with Crippen molar-refractivity contribution in [2.45, 2.75) is 45.3 Å². The average Bonchev–Trinajstić information content (AvgIpc) is 2.74. The van der Waals surface area contributed by atoms with Gasteiger partial charge >= 0.3 is 6.61 Å². The Morgan fingerprint density at radius 3 is 2.53 bits per heavy atom. The van der Waals surface area contributed by atoms with Crippen LogP contribution in [-0.4, -0.2) is 12.7 Å². The second-order valence-electron chi connectivity index (χ2n) is 4.35. The van der Waals surface area contributed by atoms with E-state index in [2.05, 4.69) is 4.74 Å². The second kappa shape index (κ2) is 5.34. The largest absolute Gasteiger partial charge is 0.487 e. The lowest BCUT2D eigenvalue weighted by atomic mass is 10.2. The molecule has 0 atom stereocenters. The number of benzene rings is 1. The van der Waals surface area contributed by atoms with Crippen LogP contribution in [-0.2, 0) is 0 Å². The highest BCUT2D eigenvalue weighted by Gasteiger charge is 2.19. The Kier molecular flexibility index (Phi) is 3.82. The zero-order valence-electron chi connectivity index (χ0n) is 9.79. The van der Waals surface area contributed by atoms with E-state index in [0.29, 0.717) is 5.75 Å². The van der Waals surface area contributed by atoms with E-state index < -0.39 is 6.61 Å². The summed E-state index contributed by atoms with van der Waals surface area (Å²) in [5, 5.41) is 0. The summed E-state index contributed by atoms with van der Waals surface area (Å²) in [4.78, 5) is 0. The molecule has 1 aromatic carbocycles. The maximum atomic E-state index is 12.2. The van der Waals surface area contributed by atoms with Crippen LogP contribution in [0.5, 0.6) is 11.5 Å². The molecule has 0 saturated heterocycles. The summed E-state index contributed by atoms with van der Waals surface area (Å²) in [7, 11) is 0. The number of halogens is 2. The van der Waals surface area contributed by atoms with Gasteiger partial charge in [0, 0.05) is 0 Å². The maximum absolute atomic E-state index is 12.2. The van der Waals surface area contributed by atoms with Gasteiger partial charge in [-0.25, -0.2) is 0 Å². The molecule has 94 valence electrons. The van der Waals surface area contributed by atoms with Crippen LogP contribution < -0.4 is 9.47 Å². The molecule has 4 heteroatoms. The van der Waals surface area contributed by atoms with Crippen molar-refractivity contribution in [1.29, 1.82) is 0 Å². The van der Waals surface area contributed by atoms with Crippen LogP contribution in [0, 0.1) is 6.92 Å². The van der Waals surface area contributed by atoms with E-state index >= 15 is 0 Å². The third kappa shape index (κ3) is 3.32. The minimum atomic E-state index is -2.82. The predicted molar refractivity (Wildman–Crippen MR) is 60.7 cm³/mol. The smallest absolute Gasteiger partial charge is 0.387 e. The topological polar surface area (TPSA) is 18.5 Å². The molecule has 0 N–H and O–H groups in total. The number of alkyl halides is 2. The van der Waals surface area contributed by atoms with Gasteiger partial charge in [-0.05, 0) is 50.3 Å². The van der Waals surface area contributed by atoms with Gasteiger partial charge in [0.2, 0.25) is 0 Å². The molecule has 0 amide bonds. The predicted octanol–water partition coefficient (Wildman–Crippen LogP) is 3.92. The van der Waals surface area contributed by atoms with Crippen molar-refractivity contribution in [1.82, 2.24) is 0 Å².